The van der Waals surface area contributed by atoms with Crippen LogP contribution < -0.4 is 0 Å². The summed E-state index contributed by atoms with van der Waals surface area (Å²) in [5, 5.41) is 12.3. The number of fused-ring (bicyclic) bond motifs is 1. The first-order valence-corrected chi connectivity index (χ1v) is 3.80. The van der Waals surface area contributed by atoms with E-state index in [4.69, 9.17) is 9.94 Å². The van der Waals surface area contributed by atoms with E-state index in [1.807, 2.05) is 12.1 Å². The maximum absolute atomic E-state index is 10.7. The topological polar surface area (TPSA) is 58.9 Å². The number of oxime groups is 1. The molecular formula is C9H7NO3. The van der Waals surface area contributed by atoms with Gasteiger partial charge in [-0.25, -0.2) is 4.79 Å². The maximum Gasteiger partial charge on any atom is 0.358 e. The van der Waals surface area contributed by atoms with Crippen LogP contribution in [0.15, 0.2) is 29.4 Å². The van der Waals surface area contributed by atoms with Gasteiger partial charge in [0.15, 0.2) is 5.71 Å². The Morgan fingerprint density at radius 2 is 2.23 bits per heavy atom. The lowest BCUT2D eigenvalue weighted by Gasteiger charge is -2.12. The number of carbonyl (C=O) groups is 1. The third-order valence-corrected chi connectivity index (χ3v) is 1.85. The maximum atomic E-state index is 10.7. The van der Waals surface area contributed by atoms with Crippen LogP contribution >= 0.6 is 0 Å². The minimum absolute atomic E-state index is 0.0261. The van der Waals surface area contributed by atoms with Crippen molar-refractivity contribution < 1.29 is 14.7 Å². The number of hydrogen-bond acceptors (Lipinski definition) is 3. The van der Waals surface area contributed by atoms with E-state index < -0.39 is 5.97 Å². The highest BCUT2D eigenvalue weighted by Gasteiger charge is 2.20. The van der Waals surface area contributed by atoms with Gasteiger partial charge in [0.1, 0.15) is 6.61 Å². The summed E-state index contributed by atoms with van der Waals surface area (Å²) >= 11 is 0. The lowest BCUT2D eigenvalue weighted by molar-refractivity contribution is -0.129. The summed E-state index contributed by atoms with van der Waals surface area (Å²) in [4.78, 5) is 15.5. The Balaban J connectivity index is 2.53. The molecule has 0 saturated carbocycles. The van der Waals surface area contributed by atoms with Crippen LogP contribution in [0.2, 0.25) is 0 Å². The average Bonchev–Trinajstić information content (AvgIpc) is 2.17. The number of rotatable bonds is 1. The van der Waals surface area contributed by atoms with Gasteiger partial charge >= 0.3 is 5.97 Å². The molecule has 1 aromatic carbocycles. The molecule has 0 amide bonds. The van der Waals surface area contributed by atoms with Crippen molar-refractivity contribution in [3.8, 4) is 0 Å². The number of nitrogens with zero attached hydrogens (tertiary/aromatic N) is 1. The fraction of sp³-hybridized carbons (Fsp3) is 0.111. The third kappa shape index (κ3) is 1.26. The van der Waals surface area contributed by atoms with Crippen molar-refractivity contribution in [3.05, 3.63) is 35.4 Å². The van der Waals surface area contributed by atoms with Crippen molar-refractivity contribution in [3.63, 3.8) is 0 Å². The summed E-state index contributed by atoms with van der Waals surface area (Å²) in [7, 11) is 0. The summed E-state index contributed by atoms with van der Waals surface area (Å²) in [5.74, 6) is -1.06. The molecule has 1 aliphatic heterocycles. The van der Waals surface area contributed by atoms with Gasteiger partial charge in [0.25, 0.3) is 0 Å². The van der Waals surface area contributed by atoms with Gasteiger partial charge in [0, 0.05) is 11.1 Å². The predicted molar refractivity (Wildman–Crippen MR) is 45.4 cm³/mol. The van der Waals surface area contributed by atoms with Crippen LogP contribution in [0.25, 0.3) is 0 Å². The highest BCUT2D eigenvalue weighted by Crippen LogP contribution is 2.16. The SMILES string of the molecule is O=C(O)C1=NOCc2ccccc21. The lowest BCUT2D eigenvalue weighted by atomic mass is 10.0. The van der Waals surface area contributed by atoms with Crippen molar-refractivity contribution in [2.45, 2.75) is 6.61 Å². The Labute approximate surface area is 74.4 Å². The van der Waals surface area contributed by atoms with Crippen LogP contribution in [-0.4, -0.2) is 16.8 Å². The van der Waals surface area contributed by atoms with Crippen molar-refractivity contribution in [2.24, 2.45) is 5.16 Å². The van der Waals surface area contributed by atoms with E-state index in [0.717, 1.165) is 5.56 Å². The molecule has 0 radical (unpaired) electrons. The van der Waals surface area contributed by atoms with Crippen molar-refractivity contribution in [2.75, 3.05) is 0 Å². The van der Waals surface area contributed by atoms with Gasteiger partial charge in [-0.05, 0) is 0 Å². The molecule has 13 heavy (non-hydrogen) atoms. The summed E-state index contributed by atoms with van der Waals surface area (Å²) in [6.07, 6.45) is 0. The van der Waals surface area contributed by atoms with Crippen LogP contribution in [0.4, 0.5) is 0 Å². The standard InChI is InChI=1S/C9H7NO3/c11-9(12)8-7-4-2-1-3-6(7)5-13-10-8/h1-4H,5H2,(H,11,12). The second-order valence-electron chi connectivity index (χ2n) is 2.68. The first-order valence-electron chi connectivity index (χ1n) is 3.80. The smallest absolute Gasteiger partial charge is 0.358 e. The summed E-state index contributed by atoms with van der Waals surface area (Å²) in [6, 6.07) is 7.17. The van der Waals surface area contributed by atoms with Gasteiger partial charge in [-0.1, -0.05) is 29.4 Å². The third-order valence-electron chi connectivity index (χ3n) is 1.85. The first kappa shape index (κ1) is 7.79. The van der Waals surface area contributed by atoms with Gasteiger partial charge in [-0.3, -0.25) is 0 Å². The largest absolute Gasteiger partial charge is 0.476 e. The molecule has 66 valence electrons. The van der Waals surface area contributed by atoms with Gasteiger partial charge in [0.05, 0.1) is 0 Å². The van der Waals surface area contributed by atoms with E-state index >= 15 is 0 Å². The van der Waals surface area contributed by atoms with E-state index in [1.165, 1.54) is 0 Å². The molecule has 1 heterocycles. The average molecular weight is 177 g/mol. The summed E-state index contributed by atoms with van der Waals surface area (Å²) in [5.41, 5.74) is 1.47. The lowest BCUT2D eigenvalue weighted by Crippen LogP contribution is -2.20. The molecule has 4 nitrogen and oxygen atoms in total. The molecule has 0 atom stereocenters. The first-order chi connectivity index (χ1) is 6.29. The minimum Gasteiger partial charge on any atom is -0.476 e. The molecule has 0 aromatic heterocycles. The zero-order valence-electron chi connectivity index (χ0n) is 6.73. The highest BCUT2D eigenvalue weighted by molar-refractivity contribution is 6.42. The molecule has 1 aromatic rings. The Morgan fingerprint density at radius 3 is 3.00 bits per heavy atom. The minimum atomic E-state index is -1.06. The second kappa shape index (κ2) is 2.90. The van der Waals surface area contributed by atoms with Crippen molar-refractivity contribution in [1.82, 2.24) is 0 Å². The molecule has 4 heteroatoms. The fourth-order valence-electron chi connectivity index (χ4n) is 1.25. The molecular weight excluding hydrogens is 170 g/mol. The Kier molecular flexibility index (Phi) is 1.73. The molecule has 1 N–H and O–H groups in total. The number of benzene rings is 1. The molecule has 0 aliphatic carbocycles. The normalized spacial score (nSPS) is 14.0. The number of carboxylic acid groups (broad SMARTS) is 1. The van der Waals surface area contributed by atoms with Crippen molar-refractivity contribution >= 4 is 11.7 Å². The quantitative estimate of drug-likeness (QED) is 0.696. The van der Waals surface area contributed by atoms with Gasteiger partial charge in [0.2, 0.25) is 0 Å². The van der Waals surface area contributed by atoms with Crippen LogP contribution in [0.3, 0.4) is 0 Å². The highest BCUT2D eigenvalue weighted by atomic mass is 16.6. The fourth-order valence-corrected chi connectivity index (χ4v) is 1.25. The van der Waals surface area contributed by atoms with E-state index in [-0.39, 0.29) is 5.71 Å². The van der Waals surface area contributed by atoms with Crippen molar-refractivity contribution in [1.29, 1.82) is 0 Å². The number of carboxylic acids is 1. The van der Waals surface area contributed by atoms with Crippen LogP contribution in [0.1, 0.15) is 11.1 Å². The Hall–Kier alpha value is -1.84. The molecule has 2 rings (SSSR count). The van der Waals surface area contributed by atoms with E-state index in [2.05, 4.69) is 5.16 Å². The van der Waals surface area contributed by atoms with Crippen LogP contribution in [0, 0.1) is 0 Å². The number of aliphatic carboxylic acids is 1. The van der Waals surface area contributed by atoms with Crippen LogP contribution in [0.5, 0.6) is 0 Å². The summed E-state index contributed by atoms with van der Waals surface area (Å²) < 4.78 is 0. The van der Waals surface area contributed by atoms with Gasteiger partial charge in [-0.2, -0.15) is 0 Å². The molecule has 0 fully saturated rings. The zero-order valence-corrected chi connectivity index (χ0v) is 6.73. The van der Waals surface area contributed by atoms with Gasteiger partial charge in [-0.15, -0.1) is 0 Å². The number of hydrogen-bond donors (Lipinski definition) is 1. The van der Waals surface area contributed by atoms with Gasteiger partial charge < -0.3 is 9.94 Å². The predicted octanol–water partition coefficient (Wildman–Crippen LogP) is 1.01. The zero-order chi connectivity index (χ0) is 9.26. The molecule has 0 saturated heterocycles. The Morgan fingerprint density at radius 1 is 1.46 bits per heavy atom. The second-order valence-corrected chi connectivity index (χ2v) is 2.68. The molecule has 0 spiro atoms. The Bertz CT molecular complexity index is 384. The van der Waals surface area contributed by atoms with E-state index in [9.17, 15) is 4.79 Å². The van der Waals surface area contributed by atoms with Crippen LogP contribution in [-0.2, 0) is 16.2 Å². The summed E-state index contributed by atoms with van der Waals surface area (Å²) in [6.45, 7) is 0.340. The molecule has 1 aliphatic rings. The monoisotopic (exact) mass is 177 g/mol. The van der Waals surface area contributed by atoms with E-state index in [0.29, 0.717) is 12.2 Å². The van der Waals surface area contributed by atoms with E-state index in [1.54, 1.807) is 12.1 Å². The molecule has 0 bridgehead atoms. The molecule has 0 unspecified atom stereocenters.